The molecule has 0 radical (unpaired) electrons. The van der Waals surface area contributed by atoms with Crippen molar-refractivity contribution < 1.29 is 9.53 Å². The number of hydrogen-bond donors (Lipinski definition) is 2. The van der Waals surface area contributed by atoms with Crippen LogP contribution in [0.2, 0.25) is 0 Å². The number of benzene rings is 1. The number of methoxy groups -OCH3 is 1. The molecule has 0 fully saturated rings. The number of nitrogens with zero attached hydrogens (tertiary/aromatic N) is 2. The minimum atomic E-state index is -0.135. The normalized spacial score (nSPS) is 12.4. The lowest BCUT2D eigenvalue weighted by Crippen LogP contribution is -2.38. The second kappa shape index (κ2) is 9.38. The van der Waals surface area contributed by atoms with E-state index >= 15 is 0 Å². The lowest BCUT2D eigenvalue weighted by atomic mass is 10.0. The highest BCUT2D eigenvalue weighted by atomic mass is 16.5. The van der Waals surface area contributed by atoms with E-state index in [1.807, 2.05) is 32.0 Å². The van der Waals surface area contributed by atoms with Crippen molar-refractivity contribution in [3.63, 3.8) is 0 Å². The number of H-pyrrole nitrogens is 1. The fraction of sp³-hybridized carbons (Fsp3) is 0.500. The molecule has 0 spiro atoms. The van der Waals surface area contributed by atoms with Crippen molar-refractivity contribution in [1.82, 2.24) is 20.2 Å². The van der Waals surface area contributed by atoms with Crippen LogP contribution in [0.5, 0.6) is 5.75 Å². The Morgan fingerprint density at radius 3 is 2.62 bits per heavy atom. The van der Waals surface area contributed by atoms with Crippen LogP contribution in [-0.4, -0.2) is 47.5 Å². The zero-order valence-corrected chi connectivity index (χ0v) is 16.4. The number of carbonyl (C=O) groups excluding carboxylic acids is 1. The summed E-state index contributed by atoms with van der Waals surface area (Å²) in [6, 6.07) is 8.10. The molecule has 26 heavy (non-hydrogen) atoms. The first-order valence-electron chi connectivity index (χ1n) is 9.21. The van der Waals surface area contributed by atoms with E-state index < -0.39 is 0 Å². The molecule has 2 N–H and O–H groups in total. The SMILES string of the molecule is CCN(CC)C(CNC(=O)c1cnc(C(C)C)[nH]1)c1cccc(OC)c1. The van der Waals surface area contributed by atoms with Gasteiger partial charge in [-0.3, -0.25) is 9.69 Å². The molecular formula is C20H30N4O2. The minimum absolute atomic E-state index is 0.0801. The fourth-order valence-electron chi connectivity index (χ4n) is 3.00. The topological polar surface area (TPSA) is 70.2 Å². The molecule has 1 atom stereocenters. The Morgan fingerprint density at radius 2 is 2.04 bits per heavy atom. The van der Waals surface area contributed by atoms with Gasteiger partial charge in [0.05, 0.1) is 19.3 Å². The molecule has 1 heterocycles. The molecule has 1 aromatic carbocycles. The highest BCUT2D eigenvalue weighted by molar-refractivity contribution is 5.92. The van der Waals surface area contributed by atoms with Gasteiger partial charge in [-0.25, -0.2) is 4.98 Å². The summed E-state index contributed by atoms with van der Waals surface area (Å²) in [6.45, 7) is 10.7. The smallest absolute Gasteiger partial charge is 0.269 e. The quantitative estimate of drug-likeness (QED) is 0.721. The maximum Gasteiger partial charge on any atom is 0.269 e. The number of ether oxygens (including phenoxy) is 1. The standard InChI is InChI=1S/C20H30N4O2/c1-6-24(7-2)18(15-9-8-10-16(11-15)26-5)13-22-20(25)17-12-21-19(23-17)14(3)4/h8-12,14,18H,6-7,13H2,1-5H3,(H,21,23)(H,22,25). The molecule has 1 unspecified atom stereocenters. The number of hydrogen-bond acceptors (Lipinski definition) is 4. The summed E-state index contributed by atoms with van der Waals surface area (Å²) in [5.41, 5.74) is 1.62. The van der Waals surface area contributed by atoms with Crippen LogP contribution in [0.25, 0.3) is 0 Å². The van der Waals surface area contributed by atoms with E-state index in [0.717, 1.165) is 30.2 Å². The highest BCUT2D eigenvalue weighted by Gasteiger charge is 2.20. The van der Waals surface area contributed by atoms with Gasteiger partial charge in [0.25, 0.3) is 5.91 Å². The van der Waals surface area contributed by atoms with E-state index in [0.29, 0.717) is 12.2 Å². The van der Waals surface area contributed by atoms with Gasteiger partial charge in [0.15, 0.2) is 0 Å². The van der Waals surface area contributed by atoms with E-state index in [-0.39, 0.29) is 17.9 Å². The summed E-state index contributed by atoms with van der Waals surface area (Å²) in [6.07, 6.45) is 1.60. The lowest BCUT2D eigenvalue weighted by molar-refractivity contribution is 0.0930. The second-order valence-corrected chi connectivity index (χ2v) is 6.56. The summed E-state index contributed by atoms with van der Waals surface area (Å²) in [5, 5.41) is 3.04. The summed E-state index contributed by atoms with van der Waals surface area (Å²) in [7, 11) is 1.66. The number of imidazole rings is 1. The molecule has 0 aliphatic heterocycles. The Kier molecular flexibility index (Phi) is 7.21. The largest absolute Gasteiger partial charge is 0.497 e. The number of rotatable bonds is 9. The molecule has 2 rings (SSSR count). The zero-order chi connectivity index (χ0) is 19.1. The van der Waals surface area contributed by atoms with Gasteiger partial charge >= 0.3 is 0 Å². The summed E-state index contributed by atoms with van der Waals surface area (Å²) in [5.74, 6) is 1.77. The van der Waals surface area contributed by atoms with E-state index in [1.165, 1.54) is 0 Å². The van der Waals surface area contributed by atoms with Crippen molar-refractivity contribution in [1.29, 1.82) is 0 Å². The molecular weight excluding hydrogens is 328 g/mol. The number of aromatic nitrogens is 2. The number of amides is 1. The van der Waals surface area contributed by atoms with Crippen LogP contribution in [0.15, 0.2) is 30.5 Å². The highest BCUT2D eigenvalue weighted by Crippen LogP contribution is 2.24. The van der Waals surface area contributed by atoms with Crippen molar-refractivity contribution >= 4 is 5.91 Å². The Hall–Kier alpha value is -2.34. The molecule has 2 aromatic rings. The van der Waals surface area contributed by atoms with E-state index in [9.17, 15) is 4.79 Å². The average Bonchev–Trinajstić information content (AvgIpc) is 3.15. The van der Waals surface area contributed by atoms with Crippen LogP contribution in [0, 0.1) is 0 Å². The number of aromatic amines is 1. The third-order valence-electron chi connectivity index (χ3n) is 4.57. The summed E-state index contributed by atoms with van der Waals surface area (Å²) in [4.78, 5) is 22.2. The van der Waals surface area contributed by atoms with Crippen molar-refractivity contribution in [3.05, 3.63) is 47.5 Å². The fourth-order valence-corrected chi connectivity index (χ4v) is 3.00. The molecule has 6 heteroatoms. The maximum absolute atomic E-state index is 12.5. The van der Waals surface area contributed by atoms with Gasteiger partial charge in [-0.2, -0.15) is 0 Å². The van der Waals surface area contributed by atoms with Crippen LogP contribution < -0.4 is 10.1 Å². The van der Waals surface area contributed by atoms with Crippen LogP contribution in [-0.2, 0) is 0 Å². The predicted octanol–water partition coefficient (Wildman–Crippen LogP) is 3.35. The van der Waals surface area contributed by atoms with Gasteiger partial charge in [-0.05, 0) is 30.8 Å². The van der Waals surface area contributed by atoms with Crippen LogP contribution in [0.3, 0.4) is 0 Å². The molecule has 1 aromatic heterocycles. The Labute approximate surface area is 156 Å². The Bertz CT molecular complexity index is 707. The van der Waals surface area contributed by atoms with Gasteiger partial charge in [-0.1, -0.05) is 39.8 Å². The van der Waals surface area contributed by atoms with Gasteiger partial charge in [0.2, 0.25) is 0 Å². The van der Waals surface area contributed by atoms with Crippen LogP contribution in [0.1, 0.15) is 61.5 Å². The van der Waals surface area contributed by atoms with Gasteiger partial charge in [-0.15, -0.1) is 0 Å². The van der Waals surface area contributed by atoms with Gasteiger partial charge in [0, 0.05) is 12.5 Å². The molecule has 0 saturated carbocycles. The van der Waals surface area contributed by atoms with E-state index in [1.54, 1.807) is 13.3 Å². The second-order valence-electron chi connectivity index (χ2n) is 6.56. The van der Waals surface area contributed by atoms with Crippen LogP contribution >= 0.6 is 0 Å². The zero-order valence-electron chi connectivity index (χ0n) is 16.4. The van der Waals surface area contributed by atoms with Gasteiger partial charge < -0.3 is 15.0 Å². The molecule has 6 nitrogen and oxygen atoms in total. The summed E-state index contributed by atoms with van der Waals surface area (Å²) >= 11 is 0. The molecule has 0 saturated heterocycles. The molecule has 0 aliphatic carbocycles. The van der Waals surface area contributed by atoms with Crippen molar-refractivity contribution in [2.75, 3.05) is 26.7 Å². The third kappa shape index (κ3) is 4.85. The van der Waals surface area contributed by atoms with Crippen molar-refractivity contribution in [2.24, 2.45) is 0 Å². The van der Waals surface area contributed by atoms with Crippen LogP contribution in [0.4, 0.5) is 0 Å². The van der Waals surface area contributed by atoms with E-state index in [2.05, 4.69) is 40.1 Å². The van der Waals surface area contributed by atoms with Crippen molar-refractivity contribution in [3.8, 4) is 5.75 Å². The number of likely N-dealkylation sites (N-methyl/N-ethyl adjacent to an activating group) is 1. The maximum atomic E-state index is 12.5. The minimum Gasteiger partial charge on any atom is -0.497 e. The Balaban J connectivity index is 2.14. The third-order valence-corrected chi connectivity index (χ3v) is 4.57. The van der Waals surface area contributed by atoms with E-state index in [4.69, 9.17) is 4.74 Å². The number of carbonyl (C=O) groups is 1. The first kappa shape index (κ1) is 20.0. The average molecular weight is 358 g/mol. The first-order chi connectivity index (χ1) is 12.5. The molecule has 0 aliphatic rings. The predicted molar refractivity (Wildman–Crippen MR) is 104 cm³/mol. The molecule has 142 valence electrons. The molecule has 0 bridgehead atoms. The molecule has 1 amide bonds. The first-order valence-corrected chi connectivity index (χ1v) is 9.21. The van der Waals surface area contributed by atoms with Crippen molar-refractivity contribution in [2.45, 2.75) is 39.7 Å². The summed E-state index contributed by atoms with van der Waals surface area (Å²) < 4.78 is 5.35. The number of nitrogens with one attached hydrogen (secondary N) is 2. The lowest BCUT2D eigenvalue weighted by Gasteiger charge is -2.30. The van der Waals surface area contributed by atoms with Gasteiger partial charge in [0.1, 0.15) is 17.3 Å². The Morgan fingerprint density at radius 1 is 1.31 bits per heavy atom. The monoisotopic (exact) mass is 358 g/mol.